The number of hydrogen-bond acceptors (Lipinski definition) is 3. The summed E-state index contributed by atoms with van der Waals surface area (Å²) in [6.45, 7) is 7.78. The highest BCUT2D eigenvalue weighted by Gasteiger charge is 2.40. The zero-order valence-electron chi connectivity index (χ0n) is 11.7. The van der Waals surface area contributed by atoms with Crippen LogP contribution < -0.4 is 5.32 Å². The van der Waals surface area contributed by atoms with Crippen molar-refractivity contribution < 1.29 is 4.74 Å². The highest BCUT2D eigenvalue weighted by molar-refractivity contribution is 4.96. The van der Waals surface area contributed by atoms with Gasteiger partial charge in [-0.2, -0.15) is 0 Å². The third-order valence-electron chi connectivity index (χ3n) is 4.75. The highest BCUT2D eigenvalue weighted by Crippen LogP contribution is 2.44. The third kappa shape index (κ3) is 3.46. The molecule has 104 valence electrons. The van der Waals surface area contributed by atoms with Crippen LogP contribution in [0, 0.1) is 11.8 Å². The zero-order chi connectivity index (χ0) is 12.4. The van der Waals surface area contributed by atoms with E-state index in [1.165, 1.54) is 38.8 Å². The number of nitrogens with zero attached hydrogens (tertiary/aromatic N) is 1. The summed E-state index contributed by atoms with van der Waals surface area (Å²) < 4.78 is 5.72. The molecule has 0 bridgehead atoms. The monoisotopic (exact) mass is 252 g/mol. The Kier molecular flexibility index (Phi) is 4.22. The molecule has 3 heteroatoms. The van der Waals surface area contributed by atoms with E-state index in [9.17, 15) is 0 Å². The minimum absolute atomic E-state index is 0.474. The summed E-state index contributed by atoms with van der Waals surface area (Å²) in [7, 11) is 0. The molecule has 3 aliphatic rings. The van der Waals surface area contributed by atoms with E-state index in [0.29, 0.717) is 6.10 Å². The van der Waals surface area contributed by atoms with Crippen molar-refractivity contribution in [3.63, 3.8) is 0 Å². The average Bonchev–Trinajstić information content (AvgIpc) is 3.28. The van der Waals surface area contributed by atoms with E-state index >= 15 is 0 Å². The van der Waals surface area contributed by atoms with Gasteiger partial charge in [0.15, 0.2) is 0 Å². The molecule has 18 heavy (non-hydrogen) atoms. The minimum Gasteiger partial charge on any atom is -0.376 e. The number of hydrogen-bond donors (Lipinski definition) is 1. The van der Waals surface area contributed by atoms with Gasteiger partial charge < -0.3 is 10.1 Å². The van der Waals surface area contributed by atoms with Crippen LogP contribution in [0.4, 0.5) is 0 Å². The molecule has 0 aromatic heterocycles. The molecule has 0 aromatic carbocycles. The largest absolute Gasteiger partial charge is 0.376 e. The Labute approximate surface area is 111 Å². The molecule has 0 spiro atoms. The van der Waals surface area contributed by atoms with Crippen molar-refractivity contribution in [3.8, 4) is 0 Å². The van der Waals surface area contributed by atoms with Crippen LogP contribution in [0.15, 0.2) is 0 Å². The average molecular weight is 252 g/mol. The molecule has 2 saturated carbocycles. The van der Waals surface area contributed by atoms with Crippen LogP contribution in [0.25, 0.3) is 0 Å². The number of morpholine rings is 1. The maximum atomic E-state index is 5.72. The van der Waals surface area contributed by atoms with Gasteiger partial charge in [-0.05, 0) is 43.9 Å². The summed E-state index contributed by atoms with van der Waals surface area (Å²) in [5.41, 5.74) is 0. The Morgan fingerprint density at radius 3 is 2.56 bits per heavy atom. The normalized spacial score (nSPS) is 30.0. The van der Waals surface area contributed by atoms with Gasteiger partial charge in [0.1, 0.15) is 0 Å². The van der Waals surface area contributed by atoms with Crippen molar-refractivity contribution in [1.29, 1.82) is 0 Å². The van der Waals surface area contributed by atoms with Crippen molar-refractivity contribution in [3.05, 3.63) is 0 Å². The van der Waals surface area contributed by atoms with Gasteiger partial charge >= 0.3 is 0 Å². The third-order valence-corrected chi connectivity index (χ3v) is 4.75. The van der Waals surface area contributed by atoms with E-state index in [4.69, 9.17) is 4.74 Å². The minimum atomic E-state index is 0.474. The molecule has 1 saturated heterocycles. The van der Waals surface area contributed by atoms with Crippen LogP contribution in [-0.4, -0.2) is 49.8 Å². The van der Waals surface area contributed by atoms with Gasteiger partial charge in [0.25, 0.3) is 0 Å². The fourth-order valence-electron chi connectivity index (χ4n) is 3.25. The number of rotatable bonds is 7. The second kappa shape index (κ2) is 5.89. The lowest BCUT2D eigenvalue weighted by Gasteiger charge is -2.33. The van der Waals surface area contributed by atoms with E-state index in [1.54, 1.807) is 0 Å². The second-order valence-corrected chi connectivity index (χ2v) is 6.36. The van der Waals surface area contributed by atoms with Gasteiger partial charge in [-0.1, -0.05) is 6.92 Å². The molecule has 1 aliphatic heterocycles. The predicted molar refractivity (Wildman–Crippen MR) is 73.7 cm³/mol. The van der Waals surface area contributed by atoms with E-state index in [-0.39, 0.29) is 0 Å². The van der Waals surface area contributed by atoms with E-state index in [2.05, 4.69) is 17.1 Å². The van der Waals surface area contributed by atoms with Gasteiger partial charge in [-0.25, -0.2) is 0 Å². The predicted octanol–water partition coefficient (Wildman–Crippen LogP) is 1.88. The fraction of sp³-hybridized carbons (Fsp3) is 1.00. The Morgan fingerprint density at radius 1 is 1.22 bits per heavy atom. The molecule has 3 fully saturated rings. The summed E-state index contributed by atoms with van der Waals surface area (Å²) in [4.78, 5) is 2.57. The van der Waals surface area contributed by atoms with Crippen molar-refractivity contribution in [1.82, 2.24) is 10.2 Å². The first-order valence-corrected chi connectivity index (χ1v) is 7.94. The lowest BCUT2D eigenvalue weighted by molar-refractivity contribution is -0.0293. The Balaban J connectivity index is 1.35. The Bertz CT molecular complexity index is 251. The van der Waals surface area contributed by atoms with Crippen LogP contribution in [0.5, 0.6) is 0 Å². The SMILES string of the molecule is CCC1CN(CCNC(C2CC2)C2CC2)CCO1. The molecule has 0 radical (unpaired) electrons. The maximum absolute atomic E-state index is 5.72. The van der Waals surface area contributed by atoms with Crippen LogP contribution in [-0.2, 0) is 4.74 Å². The maximum Gasteiger partial charge on any atom is 0.0700 e. The summed E-state index contributed by atoms with van der Waals surface area (Å²) in [5.74, 6) is 2.04. The lowest BCUT2D eigenvalue weighted by atomic mass is 10.1. The van der Waals surface area contributed by atoms with Crippen LogP contribution in [0.3, 0.4) is 0 Å². The molecule has 3 nitrogen and oxygen atoms in total. The first kappa shape index (κ1) is 12.9. The first-order valence-electron chi connectivity index (χ1n) is 7.94. The second-order valence-electron chi connectivity index (χ2n) is 6.36. The molecule has 1 heterocycles. The number of ether oxygens (including phenoxy) is 1. The van der Waals surface area contributed by atoms with Gasteiger partial charge in [0.2, 0.25) is 0 Å². The van der Waals surface area contributed by atoms with Crippen molar-refractivity contribution in [2.24, 2.45) is 11.8 Å². The molecular formula is C15H28N2O. The first-order chi connectivity index (χ1) is 8.86. The molecule has 2 aliphatic carbocycles. The summed E-state index contributed by atoms with van der Waals surface area (Å²) >= 11 is 0. The quantitative estimate of drug-likeness (QED) is 0.749. The van der Waals surface area contributed by atoms with Gasteiger partial charge in [-0.15, -0.1) is 0 Å². The molecular weight excluding hydrogens is 224 g/mol. The van der Waals surface area contributed by atoms with Crippen molar-refractivity contribution in [2.75, 3.05) is 32.8 Å². The van der Waals surface area contributed by atoms with Crippen LogP contribution in [0.2, 0.25) is 0 Å². The standard InChI is InChI=1S/C15H28N2O/c1-2-14-11-17(9-10-18-14)8-7-16-15(12-3-4-12)13-5-6-13/h12-16H,2-11H2,1H3. The topological polar surface area (TPSA) is 24.5 Å². The highest BCUT2D eigenvalue weighted by atomic mass is 16.5. The Hall–Kier alpha value is -0.120. The Morgan fingerprint density at radius 2 is 1.94 bits per heavy atom. The lowest BCUT2D eigenvalue weighted by Crippen LogP contribution is -2.46. The van der Waals surface area contributed by atoms with Gasteiger partial charge in [-0.3, -0.25) is 4.90 Å². The van der Waals surface area contributed by atoms with Gasteiger partial charge in [0, 0.05) is 32.2 Å². The van der Waals surface area contributed by atoms with Crippen molar-refractivity contribution in [2.45, 2.75) is 51.2 Å². The molecule has 1 unspecified atom stereocenters. The van der Waals surface area contributed by atoms with E-state index < -0.39 is 0 Å². The zero-order valence-corrected chi connectivity index (χ0v) is 11.7. The van der Waals surface area contributed by atoms with E-state index in [1.807, 2.05) is 0 Å². The summed E-state index contributed by atoms with van der Waals surface area (Å²) in [5, 5.41) is 3.84. The molecule has 1 atom stereocenters. The summed E-state index contributed by atoms with van der Waals surface area (Å²) in [6, 6.07) is 0.855. The van der Waals surface area contributed by atoms with Crippen LogP contribution >= 0.6 is 0 Å². The smallest absolute Gasteiger partial charge is 0.0700 e. The molecule has 1 N–H and O–H groups in total. The molecule has 0 aromatic rings. The molecule has 3 rings (SSSR count). The van der Waals surface area contributed by atoms with Crippen molar-refractivity contribution >= 4 is 0 Å². The number of nitrogens with one attached hydrogen (secondary N) is 1. The van der Waals surface area contributed by atoms with Gasteiger partial charge in [0.05, 0.1) is 12.7 Å². The van der Waals surface area contributed by atoms with E-state index in [0.717, 1.165) is 44.0 Å². The van der Waals surface area contributed by atoms with Crippen LogP contribution in [0.1, 0.15) is 39.0 Å². The molecule has 0 amide bonds. The summed E-state index contributed by atoms with van der Waals surface area (Å²) in [6.07, 6.45) is 7.53. The fourth-order valence-corrected chi connectivity index (χ4v) is 3.25.